The molecular weight excluding hydrogens is 503 g/mol. The van der Waals surface area contributed by atoms with Crippen molar-refractivity contribution in [1.29, 1.82) is 0 Å². The third-order valence-corrected chi connectivity index (χ3v) is 7.89. The van der Waals surface area contributed by atoms with E-state index in [2.05, 4.69) is 23.6 Å². The molecule has 8 N–H and O–H groups in total. The normalized spacial score (nSPS) is 26.7. The van der Waals surface area contributed by atoms with Gasteiger partial charge >= 0.3 is 23.5 Å². The minimum atomic E-state index is -5.74. The van der Waals surface area contributed by atoms with Crippen LogP contribution in [0.5, 0.6) is 0 Å². The second-order valence-corrected chi connectivity index (χ2v) is 10.8. The molecule has 3 heterocycles. The molecule has 2 aromatic heterocycles. The maximum Gasteiger partial charge on any atom is 0.490 e. The number of fused-ring (bicyclic) bond motifs is 1. The second kappa shape index (κ2) is 8.77. The van der Waals surface area contributed by atoms with Gasteiger partial charge in [0.05, 0.1) is 6.61 Å². The van der Waals surface area contributed by atoms with Crippen molar-refractivity contribution in [3.63, 3.8) is 0 Å². The van der Waals surface area contributed by atoms with Crippen molar-refractivity contribution in [2.75, 3.05) is 12.3 Å². The lowest BCUT2D eigenvalue weighted by Gasteiger charge is -2.23. The summed E-state index contributed by atoms with van der Waals surface area (Å²) in [5.41, 5.74) is 5.73. The highest BCUT2D eigenvalue weighted by molar-refractivity contribution is 7.66. The van der Waals surface area contributed by atoms with Gasteiger partial charge in [0.15, 0.2) is 23.2 Å². The molecule has 3 rings (SSSR count). The van der Waals surface area contributed by atoms with Gasteiger partial charge in [-0.05, 0) is 6.92 Å². The number of aromatic nitrogens is 4. The molecule has 1 aliphatic rings. The van der Waals surface area contributed by atoms with E-state index < -0.39 is 48.0 Å². The van der Waals surface area contributed by atoms with Gasteiger partial charge < -0.3 is 40.3 Å². The SMILES string of the molecule is CC(OP(=O)(O)OP(=O)(O)OP(=O)(O)O)c1nc2c(N)ncnc2n1C1OCC(O)C1O. The number of ether oxygens (including phenoxy) is 1. The van der Waals surface area contributed by atoms with E-state index in [1.54, 1.807) is 0 Å². The minimum Gasteiger partial charge on any atom is -0.388 e. The molecule has 18 nitrogen and oxygen atoms in total. The maximum atomic E-state index is 12.2. The maximum absolute atomic E-state index is 12.2. The molecule has 180 valence electrons. The van der Waals surface area contributed by atoms with E-state index in [-0.39, 0.29) is 29.4 Å². The molecule has 1 aliphatic heterocycles. The van der Waals surface area contributed by atoms with Crippen molar-refractivity contribution in [3.8, 4) is 0 Å². The quantitative estimate of drug-likeness (QED) is 0.206. The van der Waals surface area contributed by atoms with Gasteiger partial charge in [-0.2, -0.15) is 8.62 Å². The first kappa shape index (κ1) is 25.3. The van der Waals surface area contributed by atoms with Crippen molar-refractivity contribution < 1.29 is 61.4 Å². The minimum absolute atomic E-state index is 0.00699. The molecule has 0 amide bonds. The molecule has 0 spiro atoms. The van der Waals surface area contributed by atoms with Crippen LogP contribution in [0.25, 0.3) is 11.2 Å². The smallest absolute Gasteiger partial charge is 0.388 e. The molecule has 0 bridgehead atoms. The lowest BCUT2D eigenvalue weighted by Crippen LogP contribution is -2.29. The van der Waals surface area contributed by atoms with Crippen LogP contribution in [0.1, 0.15) is 25.1 Å². The topological polar surface area (TPSA) is 279 Å². The summed E-state index contributed by atoms with van der Waals surface area (Å²) in [7, 11) is -16.8. The van der Waals surface area contributed by atoms with Gasteiger partial charge in [0.1, 0.15) is 30.5 Å². The van der Waals surface area contributed by atoms with Gasteiger partial charge in [0.25, 0.3) is 0 Å². The number of nitrogens with zero attached hydrogens (tertiary/aromatic N) is 4. The summed E-state index contributed by atoms with van der Waals surface area (Å²) in [6, 6.07) is 0. The van der Waals surface area contributed by atoms with Crippen LogP contribution >= 0.6 is 23.5 Å². The van der Waals surface area contributed by atoms with Crippen molar-refractivity contribution >= 4 is 40.4 Å². The molecule has 21 heteroatoms. The molecule has 6 unspecified atom stereocenters. The number of hydrogen-bond donors (Lipinski definition) is 7. The molecular formula is C11H18N5O13P3. The van der Waals surface area contributed by atoms with Crippen LogP contribution in [0.2, 0.25) is 0 Å². The Balaban J connectivity index is 1.96. The number of hydrogen-bond acceptors (Lipinski definition) is 13. The number of aliphatic hydroxyl groups is 2. The van der Waals surface area contributed by atoms with E-state index in [0.29, 0.717) is 0 Å². The molecule has 32 heavy (non-hydrogen) atoms. The molecule has 1 fully saturated rings. The molecule has 0 saturated carbocycles. The van der Waals surface area contributed by atoms with Gasteiger partial charge in [0.2, 0.25) is 0 Å². The number of rotatable bonds is 8. The van der Waals surface area contributed by atoms with Gasteiger partial charge in [-0.3, -0.25) is 9.09 Å². The van der Waals surface area contributed by atoms with Crippen molar-refractivity contribution in [2.45, 2.75) is 31.5 Å². The third kappa shape index (κ3) is 5.58. The van der Waals surface area contributed by atoms with Gasteiger partial charge in [-0.1, -0.05) is 0 Å². The van der Waals surface area contributed by atoms with Crippen LogP contribution in [0.4, 0.5) is 5.82 Å². The van der Waals surface area contributed by atoms with Crippen LogP contribution in [-0.4, -0.2) is 68.1 Å². The first-order valence-electron chi connectivity index (χ1n) is 8.38. The van der Waals surface area contributed by atoms with Crippen molar-refractivity contribution in [1.82, 2.24) is 19.5 Å². The number of aliphatic hydroxyl groups excluding tert-OH is 2. The van der Waals surface area contributed by atoms with Crippen molar-refractivity contribution in [2.24, 2.45) is 0 Å². The van der Waals surface area contributed by atoms with E-state index in [0.717, 1.165) is 17.8 Å². The van der Waals surface area contributed by atoms with E-state index in [4.69, 9.17) is 24.8 Å². The Morgan fingerprint density at radius 3 is 2.38 bits per heavy atom. The standard InChI is InChI=1S/C11H18N5O13P3/c1-4(27-31(22,23)29-32(24,25)28-30(19,20)21)9-15-6-8(12)13-3-14-10(6)16(9)11-7(18)5(17)2-26-11/h3-5,7,11,17-18H,2H2,1H3,(H,22,23)(H,24,25)(H2,12,13,14)(H2,19,20,21). The van der Waals surface area contributed by atoms with Crippen molar-refractivity contribution in [3.05, 3.63) is 12.2 Å². The van der Waals surface area contributed by atoms with Gasteiger partial charge in [0, 0.05) is 0 Å². The fourth-order valence-electron chi connectivity index (χ4n) is 2.84. The zero-order valence-electron chi connectivity index (χ0n) is 15.8. The molecule has 0 radical (unpaired) electrons. The van der Waals surface area contributed by atoms with Crippen LogP contribution in [0, 0.1) is 0 Å². The highest BCUT2D eigenvalue weighted by Crippen LogP contribution is 2.67. The van der Waals surface area contributed by atoms with Crippen LogP contribution in [0.3, 0.4) is 0 Å². The average molecular weight is 521 g/mol. The van der Waals surface area contributed by atoms with Gasteiger partial charge in [-0.15, -0.1) is 0 Å². The van der Waals surface area contributed by atoms with Crippen LogP contribution < -0.4 is 5.73 Å². The third-order valence-electron chi connectivity index (χ3n) is 3.98. The molecule has 1 saturated heterocycles. The second-order valence-electron chi connectivity index (χ2n) is 6.39. The van der Waals surface area contributed by atoms with E-state index in [1.165, 1.54) is 0 Å². The Hall–Kier alpha value is -1.36. The number of imidazole rings is 1. The van der Waals surface area contributed by atoms with Crippen LogP contribution in [-0.2, 0) is 31.6 Å². The highest BCUT2D eigenvalue weighted by atomic mass is 31.3. The summed E-state index contributed by atoms with van der Waals surface area (Å²) in [6.07, 6.45) is -4.54. The molecule has 2 aromatic rings. The molecule has 0 aliphatic carbocycles. The number of nitrogens with two attached hydrogens (primary N) is 1. The summed E-state index contributed by atoms with van der Waals surface area (Å²) in [6.45, 7) is 0.868. The van der Waals surface area contributed by atoms with Gasteiger partial charge in [-0.25, -0.2) is 28.6 Å². The van der Waals surface area contributed by atoms with Crippen LogP contribution in [0.15, 0.2) is 6.33 Å². The number of anilines is 1. The predicted octanol–water partition coefficient (Wildman–Crippen LogP) is -0.937. The summed E-state index contributed by atoms with van der Waals surface area (Å²) >= 11 is 0. The largest absolute Gasteiger partial charge is 0.490 e. The van der Waals surface area contributed by atoms with E-state index >= 15 is 0 Å². The average Bonchev–Trinajstić information content (AvgIpc) is 3.13. The zero-order chi connectivity index (χ0) is 24.1. The zero-order valence-corrected chi connectivity index (χ0v) is 18.5. The Morgan fingerprint density at radius 1 is 1.16 bits per heavy atom. The summed E-state index contributed by atoms with van der Waals surface area (Å²) < 4.78 is 53.0. The number of nitrogen functional groups attached to an aromatic ring is 1. The monoisotopic (exact) mass is 521 g/mol. The number of phosphoric ester groups is 1. The Morgan fingerprint density at radius 2 is 1.81 bits per heavy atom. The number of phosphoric acid groups is 3. The Bertz CT molecular complexity index is 1150. The first-order chi connectivity index (χ1) is 14.6. The van der Waals surface area contributed by atoms with E-state index in [9.17, 15) is 33.7 Å². The summed E-state index contributed by atoms with van der Waals surface area (Å²) in [5.74, 6) is -0.375. The fourth-order valence-corrected chi connectivity index (χ4v) is 5.99. The Labute approximate surface area is 178 Å². The first-order valence-corrected chi connectivity index (χ1v) is 12.9. The predicted molar refractivity (Wildman–Crippen MR) is 100 cm³/mol. The fraction of sp³-hybridized carbons (Fsp3) is 0.545. The van der Waals surface area contributed by atoms with E-state index in [1.807, 2.05) is 0 Å². The molecule has 0 aromatic carbocycles. The summed E-state index contributed by atoms with van der Waals surface area (Å²) in [5, 5.41) is 20.0. The lowest BCUT2D eigenvalue weighted by atomic mass is 10.2. The Kier molecular flexibility index (Phi) is 6.93. The lowest BCUT2D eigenvalue weighted by molar-refractivity contribution is -0.0209. The molecule has 6 atom stereocenters. The summed E-state index contributed by atoms with van der Waals surface area (Å²) in [4.78, 5) is 48.1. The highest BCUT2D eigenvalue weighted by Gasteiger charge is 2.43.